The van der Waals surface area contributed by atoms with Gasteiger partial charge < -0.3 is 23.9 Å². The van der Waals surface area contributed by atoms with Gasteiger partial charge in [0.15, 0.2) is 5.76 Å². The van der Waals surface area contributed by atoms with Crippen molar-refractivity contribution in [3.63, 3.8) is 0 Å². The van der Waals surface area contributed by atoms with E-state index in [-0.39, 0.29) is 11.8 Å². The van der Waals surface area contributed by atoms with Crippen LogP contribution in [-0.2, 0) is 4.79 Å². The van der Waals surface area contributed by atoms with Gasteiger partial charge in [-0.1, -0.05) is 0 Å². The average Bonchev–Trinajstić information content (AvgIpc) is 3.26. The number of ether oxygens (including phenoxy) is 1. The predicted molar refractivity (Wildman–Crippen MR) is 86.9 cm³/mol. The lowest BCUT2D eigenvalue weighted by Gasteiger charge is -2.34. The molecule has 1 aliphatic heterocycles. The molecule has 0 bridgehead atoms. The van der Waals surface area contributed by atoms with Crippen molar-refractivity contribution in [2.45, 2.75) is 6.92 Å². The third-order valence-corrected chi connectivity index (χ3v) is 3.96. The molecule has 0 aliphatic carbocycles. The first-order chi connectivity index (χ1) is 12.1. The predicted octanol–water partition coefficient (Wildman–Crippen LogP) is 1.19. The van der Waals surface area contributed by atoms with E-state index in [4.69, 9.17) is 13.7 Å². The standard InChI is InChI=1S/C16H20N4O5/c1-12(21)20-8-6-19(7-9-20)5-4-17-16(22)24-15-11-14(25-18-15)13-3-2-10-23-13/h2-3,10-11H,4-9H2,1H3,(H,17,22). The Hall–Kier alpha value is -2.81. The molecule has 0 aromatic carbocycles. The van der Waals surface area contributed by atoms with Gasteiger partial charge in [0, 0.05) is 46.2 Å². The summed E-state index contributed by atoms with van der Waals surface area (Å²) in [6.07, 6.45) is 0.920. The molecular formula is C16H20N4O5. The number of carbonyl (C=O) groups excluding carboxylic acids is 2. The van der Waals surface area contributed by atoms with Crippen LogP contribution in [0.25, 0.3) is 11.5 Å². The molecule has 25 heavy (non-hydrogen) atoms. The Morgan fingerprint density at radius 3 is 2.76 bits per heavy atom. The van der Waals surface area contributed by atoms with Gasteiger partial charge in [-0.2, -0.15) is 0 Å². The number of rotatable bonds is 5. The quantitative estimate of drug-likeness (QED) is 0.866. The lowest BCUT2D eigenvalue weighted by molar-refractivity contribution is -0.130. The largest absolute Gasteiger partial charge is 0.461 e. The van der Waals surface area contributed by atoms with Crippen molar-refractivity contribution in [1.29, 1.82) is 0 Å². The van der Waals surface area contributed by atoms with Crippen LogP contribution in [-0.4, -0.2) is 66.2 Å². The van der Waals surface area contributed by atoms with Crippen LogP contribution in [0.4, 0.5) is 4.79 Å². The van der Waals surface area contributed by atoms with Gasteiger partial charge >= 0.3 is 6.09 Å². The third kappa shape index (κ3) is 4.60. The van der Waals surface area contributed by atoms with Gasteiger partial charge in [0.25, 0.3) is 5.88 Å². The second-order valence-electron chi connectivity index (χ2n) is 5.67. The second-order valence-corrected chi connectivity index (χ2v) is 5.67. The molecule has 0 atom stereocenters. The van der Waals surface area contributed by atoms with Crippen LogP contribution in [0.5, 0.6) is 5.88 Å². The van der Waals surface area contributed by atoms with Gasteiger partial charge in [-0.15, -0.1) is 0 Å². The summed E-state index contributed by atoms with van der Waals surface area (Å²) < 4.78 is 15.3. The summed E-state index contributed by atoms with van der Waals surface area (Å²) in [5, 5.41) is 6.34. The molecule has 2 amide bonds. The van der Waals surface area contributed by atoms with Crippen molar-refractivity contribution in [2.24, 2.45) is 0 Å². The zero-order chi connectivity index (χ0) is 17.6. The van der Waals surface area contributed by atoms with Crippen LogP contribution in [0.2, 0.25) is 0 Å². The molecule has 0 unspecified atom stereocenters. The minimum Gasteiger partial charge on any atom is -0.461 e. The van der Waals surface area contributed by atoms with Gasteiger partial charge in [0.05, 0.1) is 12.3 Å². The summed E-state index contributed by atoms with van der Waals surface area (Å²) in [5.41, 5.74) is 0. The highest BCUT2D eigenvalue weighted by molar-refractivity contribution is 5.73. The Labute approximate surface area is 144 Å². The van der Waals surface area contributed by atoms with Gasteiger partial charge in [-0.25, -0.2) is 4.79 Å². The molecule has 2 aromatic heterocycles. The fourth-order valence-electron chi connectivity index (χ4n) is 2.58. The van der Waals surface area contributed by atoms with Gasteiger partial charge in [0.1, 0.15) is 0 Å². The van der Waals surface area contributed by atoms with E-state index in [0.29, 0.717) is 37.7 Å². The van der Waals surface area contributed by atoms with E-state index in [1.807, 2.05) is 4.90 Å². The summed E-state index contributed by atoms with van der Waals surface area (Å²) in [6, 6.07) is 4.93. The van der Waals surface area contributed by atoms with E-state index in [2.05, 4.69) is 15.4 Å². The number of hydrogen-bond acceptors (Lipinski definition) is 7. The van der Waals surface area contributed by atoms with Gasteiger partial charge in [-0.3, -0.25) is 9.69 Å². The Balaban J connectivity index is 1.37. The first kappa shape index (κ1) is 17.0. The van der Waals surface area contributed by atoms with Crippen LogP contribution in [0, 0.1) is 0 Å². The third-order valence-electron chi connectivity index (χ3n) is 3.96. The fourth-order valence-corrected chi connectivity index (χ4v) is 2.58. The molecule has 1 fully saturated rings. The SMILES string of the molecule is CC(=O)N1CCN(CCNC(=O)Oc2cc(-c3ccco3)on2)CC1. The van der Waals surface area contributed by atoms with Crippen molar-refractivity contribution in [1.82, 2.24) is 20.3 Å². The number of aromatic nitrogens is 1. The maximum Gasteiger partial charge on any atom is 0.414 e. The summed E-state index contributed by atoms with van der Waals surface area (Å²) in [4.78, 5) is 27.1. The van der Waals surface area contributed by atoms with E-state index in [1.165, 1.54) is 12.3 Å². The maximum absolute atomic E-state index is 11.8. The summed E-state index contributed by atoms with van der Waals surface area (Å²) in [6.45, 7) is 5.74. The van der Waals surface area contributed by atoms with E-state index >= 15 is 0 Å². The molecule has 0 spiro atoms. The molecule has 1 aliphatic rings. The molecule has 134 valence electrons. The van der Waals surface area contributed by atoms with Crippen molar-refractivity contribution < 1.29 is 23.3 Å². The Bertz CT molecular complexity index is 704. The molecular weight excluding hydrogens is 328 g/mol. The molecule has 0 saturated carbocycles. The Morgan fingerprint density at radius 2 is 2.08 bits per heavy atom. The number of furan rings is 1. The minimum absolute atomic E-state index is 0.0685. The first-order valence-corrected chi connectivity index (χ1v) is 8.06. The number of carbonyl (C=O) groups is 2. The van der Waals surface area contributed by atoms with E-state index in [0.717, 1.165) is 13.1 Å². The minimum atomic E-state index is -0.596. The molecule has 0 radical (unpaired) electrons. The highest BCUT2D eigenvalue weighted by atomic mass is 16.6. The van der Waals surface area contributed by atoms with Crippen LogP contribution >= 0.6 is 0 Å². The van der Waals surface area contributed by atoms with Crippen LogP contribution < -0.4 is 10.1 Å². The van der Waals surface area contributed by atoms with Crippen molar-refractivity contribution in [2.75, 3.05) is 39.3 Å². The van der Waals surface area contributed by atoms with Gasteiger partial charge in [-0.05, 0) is 17.3 Å². The molecule has 2 aromatic rings. The first-order valence-electron chi connectivity index (χ1n) is 8.06. The highest BCUT2D eigenvalue weighted by Crippen LogP contribution is 2.23. The van der Waals surface area contributed by atoms with E-state index < -0.39 is 6.09 Å². The number of piperazine rings is 1. The Kier molecular flexibility index (Phi) is 5.34. The maximum atomic E-state index is 11.8. The number of hydrogen-bond donors (Lipinski definition) is 1. The topological polar surface area (TPSA) is 101 Å². The normalized spacial score (nSPS) is 15.2. The highest BCUT2D eigenvalue weighted by Gasteiger charge is 2.18. The monoisotopic (exact) mass is 348 g/mol. The smallest absolute Gasteiger partial charge is 0.414 e. The summed E-state index contributed by atoms with van der Waals surface area (Å²) >= 11 is 0. The van der Waals surface area contributed by atoms with Crippen molar-refractivity contribution >= 4 is 12.0 Å². The summed E-state index contributed by atoms with van der Waals surface area (Å²) in [7, 11) is 0. The molecule has 3 rings (SSSR count). The van der Waals surface area contributed by atoms with E-state index in [1.54, 1.807) is 19.1 Å². The number of nitrogens with one attached hydrogen (secondary N) is 1. The fraction of sp³-hybridized carbons (Fsp3) is 0.438. The van der Waals surface area contributed by atoms with Gasteiger partial charge in [0.2, 0.25) is 11.7 Å². The molecule has 9 heteroatoms. The second kappa shape index (κ2) is 7.84. The number of amides is 2. The molecule has 1 N–H and O–H groups in total. The van der Waals surface area contributed by atoms with E-state index in [9.17, 15) is 9.59 Å². The van der Waals surface area contributed by atoms with Crippen LogP contribution in [0.15, 0.2) is 33.4 Å². The molecule has 9 nitrogen and oxygen atoms in total. The molecule has 1 saturated heterocycles. The van der Waals surface area contributed by atoms with Crippen molar-refractivity contribution in [3.8, 4) is 17.4 Å². The lowest BCUT2D eigenvalue weighted by atomic mass is 10.3. The number of nitrogens with zero attached hydrogens (tertiary/aromatic N) is 3. The van der Waals surface area contributed by atoms with Crippen molar-refractivity contribution in [3.05, 3.63) is 24.5 Å². The van der Waals surface area contributed by atoms with Crippen LogP contribution in [0.1, 0.15) is 6.92 Å². The average molecular weight is 348 g/mol. The zero-order valence-electron chi connectivity index (χ0n) is 13.9. The molecule has 3 heterocycles. The van der Waals surface area contributed by atoms with Crippen LogP contribution in [0.3, 0.4) is 0 Å². The lowest BCUT2D eigenvalue weighted by Crippen LogP contribution is -2.49. The Morgan fingerprint density at radius 1 is 1.28 bits per heavy atom. The summed E-state index contributed by atoms with van der Waals surface area (Å²) in [5.74, 6) is 1.06. The zero-order valence-corrected chi connectivity index (χ0v) is 13.9.